The van der Waals surface area contributed by atoms with E-state index in [2.05, 4.69) is 29.6 Å². The molecule has 6 heteroatoms. The molecule has 0 bridgehead atoms. The molecule has 0 aliphatic rings. The number of aryl methyl sites for hydroxylation is 1. The maximum Gasteiger partial charge on any atom is 0.407 e. The fourth-order valence-electron chi connectivity index (χ4n) is 1.82. The van der Waals surface area contributed by atoms with E-state index in [-0.39, 0.29) is 6.09 Å². The minimum atomic E-state index is -0.469. The highest BCUT2D eigenvalue weighted by Crippen LogP contribution is 2.12. The van der Waals surface area contributed by atoms with Gasteiger partial charge in [-0.05, 0) is 32.6 Å². The van der Waals surface area contributed by atoms with Gasteiger partial charge < -0.3 is 15.4 Å². The van der Waals surface area contributed by atoms with Crippen molar-refractivity contribution in [2.24, 2.45) is 18.9 Å². The van der Waals surface area contributed by atoms with Crippen LogP contribution in [-0.4, -0.2) is 34.6 Å². The number of carbonyl (C=O) groups excluding carboxylic acids is 1. The van der Waals surface area contributed by atoms with Crippen molar-refractivity contribution in [3.05, 3.63) is 12.3 Å². The summed E-state index contributed by atoms with van der Waals surface area (Å²) < 4.78 is 7.00. The number of nitrogens with zero attached hydrogens (tertiary/aromatic N) is 2. The molecule has 1 unspecified atom stereocenters. The van der Waals surface area contributed by atoms with Gasteiger partial charge in [-0.2, -0.15) is 5.10 Å². The monoisotopic (exact) mass is 296 g/mol. The van der Waals surface area contributed by atoms with Crippen molar-refractivity contribution < 1.29 is 9.53 Å². The van der Waals surface area contributed by atoms with E-state index in [0.29, 0.717) is 18.4 Å². The molecule has 1 aromatic heterocycles. The number of alkyl carbamates (subject to hydrolysis) is 1. The van der Waals surface area contributed by atoms with Crippen LogP contribution in [0, 0.1) is 11.8 Å². The van der Waals surface area contributed by atoms with E-state index in [0.717, 1.165) is 12.4 Å². The quantitative estimate of drug-likeness (QED) is 0.847. The number of anilines is 1. The van der Waals surface area contributed by atoms with E-state index in [1.54, 1.807) is 4.68 Å². The van der Waals surface area contributed by atoms with Crippen LogP contribution in [-0.2, 0) is 11.8 Å². The van der Waals surface area contributed by atoms with Gasteiger partial charge in [0.25, 0.3) is 0 Å². The van der Waals surface area contributed by atoms with Crippen LogP contribution in [0.1, 0.15) is 34.6 Å². The number of ether oxygens (including phenoxy) is 1. The van der Waals surface area contributed by atoms with E-state index in [1.165, 1.54) is 0 Å². The Morgan fingerprint density at radius 1 is 1.38 bits per heavy atom. The van der Waals surface area contributed by atoms with Crippen molar-refractivity contribution in [1.29, 1.82) is 0 Å². The van der Waals surface area contributed by atoms with Gasteiger partial charge in [0.1, 0.15) is 11.4 Å². The molecule has 120 valence electrons. The Morgan fingerprint density at radius 3 is 2.52 bits per heavy atom. The third-order valence-electron chi connectivity index (χ3n) is 3.11. The normalized spacial score (nSPS) is 13.1. The first-order valence-electron chi connectivity index (χ1n) is 7.38. The molecular formula is C15H28N4O2. The lowest BCUT2D eigenvalue weighted by atomic mass is 9.96. The minimum Gasteiger partial charge on any atom is -0.444 e. The van der Waals surface area contributed by atoms with Crippen LogP contribution < -0.4 is 10.6 Å². The molecule has 1 heterocycles. The zero-order chi connectivity index (χ0) is 16.0. The smallest absolute Gasteiger partial charge is 0.407 e. The summed E-state index contributed by atoms with van der Waals surface area (Å²) in [7, 11) is 1.88. The van der Waals surface area contributed by atoms with Crippen LogP contribution in [0.15, 0.2) is 12.3 Å². The average Bonchev–Trinajstić information content (AvgIpc) is 2.72. The van der Waals surface area contributed by atoms with Crippen molar-refractivity contribution in [1.82, 2.24) is 15.1 Å². The van der Waals surface area contributed by atoms with Crippen LogP contribution in [0.5, 0.6) is 0 Å². The Morgan fingerprint density at radius 2 is 2.05 bits per heavy atom. The number of hydrogen-bond donors (Lipinski definition) is 2. The van der Waals surface area contributed by atoms with Gasteiger partial charge in [0, 0.05) is 32.4 Å². The molecule has 0 aliphatic carbocycles. The molecule has 1 aromatic rings. The summed E-state index contributed by atoms with van der Waals surface area (Å²) in [5.41, 5.74) is -0.469. The lowest BCUT2D eigenvalue weighted by Crippen LogP contribution is -2.38. The van der Waals surface area contributed by atoms with Crippen LogP contribution in [0.2, 0.25) is 0 Å². The Hall–Kier alpha value is -1.72. The first-order valence-corrected chi connectivity index (χ1v) is 7.38. The predicted octanol–water partition coefficient (Wildman–Crippen LogP) is 2.63. The molecule has 0 saturated heterocycles. The summed E-state index contributed by atoms with van der Waals surface area (Å²) >= 11 is 0. The highest BCUT2D eigenvalue weighted by atomic mass is 16.6. The van der Waals surface area contributed by atoms with Gasteiger partial charge in [-0.1, -0.05) is 13.8 Å². The molecule has 1 amide bonds. The van der Waals surface area contributed by atoms with Gasteiger partial charge in [0.15, 0.2) is 0 Å². The molecule has 0 fully saturated rings. The first-order chi connectivity index (χ1) is 9.67. The number of hydrogen-bond acceptors (Lipinski definition) is 4. The molecule has 0 radical (unpaired) electrons. The van der Waals surface area contributed by atoms with Crippen LogP contribution in [0.4, 0.5) is 10.6 Å². The second kappa shape index (κ2) is 7.33. The third-order valence-corrected chi connectivity index (χ3v) is 3.11. The van der Waals surface area contributed by atoms with E-state index >= 15 is 0 Å². The summed E-state index contributed by atoms with van der Waals surface area (Å²) in [6.45, 7) is 11.2. The highest BCUT2D eigenvalue weighted by molar-refractivity contribution is 5.67. The highest BCUT2D eigenvalue weighted by Gasteiger charge is 2.19. The fourth-order valence-corrected chi connectivity index (χ4v) is 1.82. The molecular weight excluding hydrogens is 268 g/mol. The molecule has 6 nitrogen and oxygen atoms in total. The van der Waals surface area contributed by atoms with E-state index in [1.807, 2.05) is 40.1 Å². The Kier molecular flexibility index (Phi) is 6.05. The molecule has 1 atom stereocenters. The summed E-state index contributed by atoms with van der Waals surface area (Å²) in [6.07, 6.45) is 1.53. The number of amides is 1. The molecule has 0 saturated carbocycles. The number of nitrogens with one attached hydrogen (secondary N) is 2. The first kappa shape index (κ1) is 17.3. The summed E-state index contributed by atoms with van der Waals surface area (Å²) in [5, 5.41) is 10.4. The zero-order valence-electron chi connectivity index (χ0n) is 13.9. The van der Waals surface area contributed by atoms with Crippen LogP contribution in [0.3, 0.4) is 0 Å². The van der Waals surface area contributed by atoms with E-state index in [4.69, 9.17) is 4.74 Å². The van der Waals surface area contributed by atoms with E-state index in [9.17, 15) is 4.79 Å². The van der Waals surface area contributed by atoms with Crippen LogP contribution >= 0.6 is 0 Å². The van der Waals surface area contributed by atoms with Crippen molar-refractivity contribution in [2.75, 3.05) is 18.4 Å². The van der Waals surface area contributed by atoms with Crippen LogP contribution in [0.25, 0.3) is 0 Å². The third kappa shape index (κ3) is 7.02. The lowest BCUT2D eigenvalue weighted by Gasteiger charge is -2.24. The van der Waals surface area contributed by atoms with Crippen molar-refractivity contribution >= 4 is 11.9 Å². The topological polar surface area (TPSA) is 68.2 Å². The van der Waals surface area contributed by atoms with Crippen molar-refractivity contribution in [2.45, 2.75) is 40.2 Å². The Bertz CT molecular complexity index is 449. The van der Waals surface area contributed by atoms with Gasteiger partial charge >= 0.3 is 6.09 Å². The number of aromatic nitrogens is 2. The molecule has 2 N–H and O–H groups in total. The van der Waals surface area contributed by atoms with Crippen molar-refractivity contribution in [3.8, 4) is 0 Å². The van der Waals surface area contributed by atoms with Gasteiger partial charge in [-0.3, -0.25) is 4.68 Å². The Labute approximate surface area is 127 Å². The predicted molar refractivity (Wildman–Crippen MR) is 84.3 cm³/mol. The lowest BCUT2D eigenvalue weighted by molar-refractivity contribution is 0.0516. The number of carbonyl (C=O) groups is 1. The minimum absolute atomic E-state index is 0.305. The molecule has 1 rings (SSSR count). The molecule has 0 aromatic carbocycles. The summed E-state index contributed by atoms with van der Waals surface area (Å²) in [4.78, 5) is 11.7. The second-order valence-corrected chi connectivity index (χ2v) is 6.64. The van der Waals surface area contributed by atoms with Gasteiger partial charge in [0.05, 0.1) is 0 Å². The largest absolute Gasteiger partial charge is 0.444 e. The van der Waals surface area contributed by atoms with Crippen molar-refractivity contribution in [3.63, 3.8) is 0 Å². The van der Waals surface area contributed by atoms with E-state index < -0.39 is 5.60 Å². The van der Waals surface area contributed by atoms with Gasteiger partial charge in [0.2, 0.25) is 0 Å². The standard InChI is InChI=1S/C15H28N4O2/c1-11(2)12(9-16-13-7-8-19(6)18-13)10-17-14(20)21-15(3,4)5/h7-8,11-12H,9-10H2,1-6H3,(H,16,18)(H,17,20). The average molecular weight is 296 g/mol. The fraction of sp³-hybridized carbons (Fsp3) is 0.733. The molecule has 0 aliphatic heterocycles. The second-order valence-electron chi connectivity index (χ2n) is 6.64. The SMILES string of the molecule is CC(C)C(CNC(=O)OC(C)(C)C)CNc1ccn(C)n1. The van der Waals surface area contributed by atoms with Gasteiger partial charge in [-0.25, -0.2) is 4.79 Å². The molecule has 21 heavy (non-hydrogen) atoms. The summed E-state index contributed by atoms with van der Waals surface area (Å²) in [6, 6.07) is 1.93. The maximum absolute atomic E-state index is 11.7. The van der Waals surface area contributed by atoms with Gasteiger partial charge in [-0.15, -0.1) is 0 Å². The Balaban J connectivity index is 2.41. The summed E-state index contributed by atoms with van der Waals surface area (Å²) in [5.74, 6) is 1.59. The maximum atomic E-state index is 11.7. The molecule has 0 spiro atoms. The zero-order valence-corrected chi connectivity index (χ0v) is 13.9. The number of rotatable bonds is 6.